The Labute approximate surface area is 107 Å². The Morgan fingerprint density at radius 1 is 1.28 bits per heavy atom. The van der Waals surface area contributed by atoms with Crippen LogP contribution >= 0.6 is 0 Å². The smallest absolute Gasteiger partial charge is 0.241 e. The van der Waals surface area contributed by atoms with Crippen LogP contribution in [0.2, 0.25) is 0 Å². The number of nitrogens with two attached hydrogens (primary N) is 1. The molecule has 0 bridgehead atoms. The molecule has 6 heteroatoms. The van der Waals surface area contributed by atoms with Crippen molar-refractivity contribution in [3.05, 3.63) is 24.3 Å². The van der Waals surface area contributed by atoms with Crippen molar-refractivity contribution in [2.24, 2.45) is 5.73 Å². The van der Waals surface area contributed by atoms with Gasteiger partial charge in [-0.25, -0.2) is 8.42 Å². The van der Waals surface area contributed by atoms with Crippen LogP contribution in [0.25, 0.3) is 0 Å². The molecule has 1 aromatic rings. The third kappa shape index (κ3) is 3.54. The van der Waals surface area contributed by atoms with E-state index in [1.807, 2.05) is 6.92 Å². The molecule has 0 unspecified atom stereocenters. The Kier molecular flexibility index (Phi) is 4.86. The molecule has 0 fully saturated rings. The van der Waals surface area contributed by atoms with Gasteiger partial charge in [0, 0.05) is 5.69 Å². The molecule has 18 heavy (non-hydrogen) atoms. The zero-order valence-electron chi connectivity index (χ0n) is 10.5. The van der Waals surface area contributed by atoms with Gasteiger partial charge in [0.1, 0.15) is 0 Å². The maximum absolute atomic E-state index is 11.6. The van der Waals surface area contributed by atoms with Crippen molar-refractivity contribution < 1.29 is 13.2 Å². The molecule has 0 aliphatic carbocycles. The fourth-order valence-corrected chi connectivity index (χ4v) is 2.22. The second kappa shape index (κ2) is 5.97. The lowest BCUT2D eigenvalue weighted by Gasteiger charge is -2.10. The van der Waals surface area contributed by atoms with Crippen molar-refractivity contribution >= 4 is 21.4 Å². The molecular formula is C12H18N2O3S. The van der Waals surface area contributed by atoms with Crippen LogP contribution in [0.1, 0.15) is 20.3 Å². The number of carbonyl (C=O) groups excluding carboxylic acids is 1. The van der Waals surface area contributed by atoms with Gasteiger partial charge in [-0.2, -0.15) is 0 Å². The van der Waals surface area contributed by atoms with Gasteiger partial charge in [0.15, 0.2) is 9.84 Å². The number of benzene rings is 1. The van der Waals surface area contributed by atoms with E-state index in [1.54, 1.807) is 19.1 Å². The number of carbonyl (C=O) groups is 1. The highest BCUT2D eigenvalue weighted by Gasteiger charge is 2.13. The lowest BCUT2D eigenvalue weighted by Crippen LogP contribution is -2.34. The summed E-state index contributed by atoms with van der Waals surface area (Å²) in [6.45, 7) is 3.41. The molecule has 0 saturated carbocycles. The summed E-state index contributed by atoms with van der Waals surface area (Å²) in [5, 5.41) is 2.63. The maximum Gasteiger partial charge on any atom is 0.241 e. The van der Waals surface area contributed by atoms with E-state index in [9.17, 15) is 13.2 Å². The van der Waals surface area contributed by atoms with Crippen molar-refractivity contribution in [2.45, 2.75) is 31.2 Å². The molecule has 5 nitrogen and oxygen atoms in total. The van der Waals surface area contributed by atoms with E-state index in [2.05, 4.69) is 5.32 Å². The predicted molar refractivity (Wildman–Crippen MR) is 71.1 cm³/mol. The van der Waals surface area contributed by atoms with Crippen LogP contribution in [0, 0.1) is 0 Å². The monoisotopic (exact) mass is 270 g/mol. The van der Waals surface area contributed by atoms with Gasteiger partial charge in [0.05, 0.1) is 16.7 Å². The second-order valence-electron chi connectivity index (χ2n) is 3.93. The Hall–Kier alpha value is -1.40. The van der Waals surface area contributed by atoms with Crippen molar-refractivity contribution in [1.82, 2.24) is 0 Å². The summed E-state index contributed by atoms with van der Waals surface area (Å²) in [7, 11) is -3.20. The van der Waals surface area contributed by atoms with Gasteiger partial charge >= 0.3 is 0 Å². The third-order valence-electron chi connectivity index (χ3n) is 2.64. The van der Waals surface area contributed by atoms with E-state index in [-0.39, 0.29) is 16.6 Å². The average molecular weight is 270 g/mol. The van der Waals surface area contributed by atoms with Crippen LogP contribution in [0.3, 0.4) is 0 Å². The Morgan fingerprint density at radius 2 is 1.83 bits per heavy atom. The molecule has 1 rings (SSSR count). The standard InChI is InChI=1S/C12H18N2O3S/c1-3-11(13)12(15)14-9-5-7-10(8-6-9)18(16,17)4-2/h5-8,11H,3-4,13H2,1-2H3,(H,14,15)/t11-/m1/s1. The lowest BCUT2D eigenvalue weighted by molar-refractivity contribution is -0.117. The van der Waals surface area contributed by atoms with Crippen LogP contribution in [0.15, 0.2) is 29.2 Å². The van der Waals surface area contributed by atoms with E-state index >= 15 is 0 Å². The molecule has 0 aromatic heterocycles. The second-order valence-corrected chi connectivity index (χ2v) is 6.21. The zero-order chi connectivity index (χ0) is 13.8. The normalized spacial score (nSPS) is 13.1. The van der Waals surface area contributed by atoms with Crippen LogP contribution < -0.4 is 11.1 Å². The van der Waals surface area contributed by atoms with Crippen LogP contribution in [-0.2, 0) is 14.6 Å². The zero-order valence-corrected chi connectivity index (χ0v) is 11.3. The minimum absolute atomic E-state index is 0.0550. The van der Waals surface area contributed by atoms with Gasteiger partial charge in [-0.05, 0) is 30.7 Å². The summed E-state index contributed by atoms with van der Waals surface area (Å²) in [5.41, 5.74) is 6.12. The number of nitrogens with one attached hydrogen (secondary N) is 1. The van der Waals surface area contributed by atoms with Gasteiger partial charge in [0.2, 0.25) is 5.91 Å². The SMILES string of the molecule is CC[C@@H](N)C(=O)Nc1ccc(S(=O)(=O)CC)cc1. The number of anilines is 1. The van der Waals surface area contributed by atoms with Crippen LogP contribution in [0.5, 0.6) is 0 Å². The van der Waals surface area contributed by atoms with Gasteiger partial charge < -0.3 is 11.1 Å². The molecule has 1 amide bonds. The molecule has 100 valence electrons. The topological polar surface area (TPSA) is 89.3 Å². The van der Waals surface area contributed by atoms with E-state index < -0.39 is 15.9 Å². The predicted octanol–water partition coefficient (Wildman–Crippen LogP) is 1.16. The summed E-state index contributed by atoms with van der Waals surface area (Å²) < 4.78 is 23.2. The Balaban J connectivity index is 2.82. The summed E-state index contributed by atoms with van der Waals surface area (Å²) in [6.07, 6.45) is 0.550. The van der Waals surface area contributed by atoms with Crippen molar-refractivity contribution in [3.63, 3.8) is 0 Å². The molecule has 0 radical (unpaired) electrons. The summed E-state index contributed by atoms with van der Waals surface area (Å²) in [5.74, 6) is -0.219. The molecule has 0 saturated heterocycles. The van der Waals surface area contributed by atoms with Crippen molar-refractivity contribution in [3.8, 4) is 0 Å². The first-order chi connectivity index (χ1) is 8.40. The fraction of sp³-hybridized carbons (Fsp3) is 0.417. The number of rotatable bonds is 5. The number of hydrogen-bond acceptors (Lipinski definition) is 4. The molecule has 1 aromatic carbocycles. The van der Waals surface area contributed by atoms with Gasteiger partial charge in [-0.3, -0.25) is 4.79 Å². The van der Waals surface area contributed by atoms with Gasteiger partial charge in [-0.15, -0.1) is 0 Å². The molecule has 1 atom stereocenters. The van der Waals surface area contributed by atoms with E-state index in [0.29, 0.717) is 12.1 Å². The highest BCUT2D eigenvalue weighted by molar-refractivity contribution is 7.91. The molecule has 0 aliphatic rings. The summed E-state index contributed by atoms with van der Waals surface area (Å²) >= 11 is 0. The molecular weight excluding hydrogens is 252 g/mol. The number of hydrogen-bond donors (Lipinski definition) is 2. The highest BCUT2D eigenvalue weighted by Crippen LogP contribution is 2.15. The Bertz CT molecular complexity index is 509. The maximum atomic E-state index is 11.6. The summed E-state index contributed by atoms with van der Waals surface area (Å²) in [6, 6.07) is 5.52. The number of sulfone groups is 1. The third-order valence-corrected chi connectivity index (χ3v) is 4.39. The van der Waals surface area contributed by atoms with E-state index in [1.165, 1.54) is 12.1 Å². The number of amides is 1. The fourth-order valence-electron chi connectivity index (χ4n) is 1.33. The van der Waals surface area contributed by atoms with Crippen LogP contribution in [0.4, 0.5) is 5.69 Å². The minimum atomic E-state index is -3.20. The van der Waals surface area contributed by atoms with E-state index in [0.717, 1.165) is 0 Å². The first-order valence-corrected chi connectivity index (χ1v) is 7.45. The van der Waals surface area contributed by atoms with Gasteiger partial charge in [-0.1, -0.05) is 13.8 Å². The highest BCUT2D eigenvalue weighted by atomic mass is 32.2. The first-order valence-electron chi connectivity index (χ1n) is 5.80. The average Bonchev–Trinajstić information content (AvgIpc) is 2.38. The Morgan fingerprint density at radius 3 is 2.28 bits per heavy atom. The van der Waals surface area contributed by atoms with Crippen molar-refractivity contribution in [2.75, 3.05) is 11.1 Å². The first kappa shape index (κ1) is 14.7. The molecule has 0 spiro atoms. The van der Waals surface area contributed by atoms with Gasteiger partial charge in [0.25, 0.3) is 0 Å². The van der Waals surface area contributed by atoms with Crippen molar-refractivity contribution in [1.29, 1.82) is 0 Å². The molecule has 3 N–H and O–H groups in total. The molecule has 0 heterocycles. The van der Waals surface area contributed by atoms with Crippen LogP contribution in [-0.4, -0.2) is 26.1 Å². The largest absolute Gasteiger partial charge is 0.325 e. The van der Waals surface area contributed by atoms with E-state index in [4.69, 9.17) is 5.73 Å². The minimum Gasteiger partial charge on any atom is -0.325 e. The summed E-state index contributed by atoms with van der Waals surface area (Å²) in [4.78, 5) is 11.8. The quantitative estimate of drug-likeness (QED) is 0.840. The lowest BCUT2D eigenvalue weighted by atomic mass is 10.2. The molecule has 0 aliphatic heterocycles.